The lowest BCUT2D eigenvalue weighted by Gasteiger charge is -2.09. The molecule has 0 unspecified atom stereocenters. The Bertz CT molecular complexity index is 652. The number of aromatic nitrogens is 1. The highest BCUT2D eigenvalue weighted by atomic mass is 32.1. The van der Waals surface area contributed by atoms with Crippen LogP contribution in [0.5, 0.6) is 5.75 Å². The number of benzene rings is 1. The number of thiazole rings is 1. The quantitative estimate of drug-likeness (QED) is 0.913. The van der Waals surface area contributed by atoms with Crippen LogP contribution in [-0.2, 0) is 12.6 Å². The van der Waals surface area contributed by atoms with E-state index in [2.05, 4.69) is 4.98 Å². The Hall–Kier alpha value is -2.09. The van der Waals surface area contributed by atoms with E-state index in [1.54, 1.807) is 0 Å². The highest BCUT2D eigenvalue weighted by Gasteiger charge is 2.31. The molecule has 0 saturated heterocycles. The molecule has 1 heterocycles. The van der Waals surface area contributed by atoms with Crippen LogP contribution in [0, 0.1) is 0 Å². The molecule has 0 aliphatic carbocycles. The first-order chi connectivity index (χ1) is 9.27. The Kier molecular flexibility index (Phi) is 3.67. The van der Waals surface area contributed by atoms with Crippen molar-refractivity contribution in [2.45, 2.75) is 12.6 Å². The van der Waals surface area contributed by atoms with Gasteiger partial charge in [-0.1, -0.05) is 0 Å². The zero-order valence-corrected chi connectivity index (χ0v) is 10.6. The molecule has 4 nitrogen and oxygen atoms in total. The summed E-state index contributed by atoms with van der Waals surface area (Å²) in [7, 11) is 0. The first-order valence-corrected chi connectivity index (χ1v) is 6.22. The molecule has 0 aliphatic heterocycles. The highest BCUT2D eigenvalue weighted by Crippen LogP contribution is 2.33. The number of hydrogen-bond acceptors (Lipinski definition) is 4. The summed E-state index contributed by atoms with van der Waals surface area (Å²) in [6, 6.07) is 2.57. The maximum absolute atomic E-state index is 12.6. The van der Waals surface area contributed by atoms with Crippen molar-refractivity contribution in [3.63, 3.8) is 0 Å². The predicted molar refractivity (Wildman–Crippen MR) is 65.0 cm³/mol. The molecule has 106 valence electrons. The van der Waals surface area contributed by atoms with Gasteiger partial charge >= 0.3 is 12.1 Å². The van der Waals surface area contributed by atoms with Crippen LogP contribution in [0.25, 0.3) is 0 Å². The Morgan fingerprint density at radius 3 is 2.60 bits per heavy atom. The molecular weight excluding hydrogens is 295 g/mol. The normalized spacial score (nSPS) is 11.6. The van der Waals surface area contributed by atoms with E-state index in [1.165, 1.54) is 5.38 Å². The summed E-state index contributed by atoms with van der Waals surface area (Å²) in [5.74, 6) is -1.49. The number of alkyl halides is 3. The minimum absolute atomic E-state index is 0.0473. The fourth-order valence-electron chi connectivity index (χ4n) is 1.56. The van der Waals surface area contributed by atoms with Crippen molar-refractivity contribution in [3.8, 4) is 5.75 Å². The Labute approximate surface area is 115 Å². The third kappa shape index (κ3) is 3.08. The van der Waals surface area contributed by atoms with Crippen LogP contribution >= 0.6 is 11.3 Å². The van der Waals surface area contributed by atoms with Crippen molar-refractivity contribution in [1.29, 1.82) is 0 Å². The van der Waals surface area contributed by atoms with E-state index in [0.717, 1.165) is 29.5 Å². The van der Waals surface area contributed by atoms with Gasteiger partial charge < -0.3 is 10.2 Å². The highest BCUT2D eigenvalue weighted by molar-refractivity contribution is 7.09. The van der Waals surface area contributed by atoms with Gasteiger partial charge in [0.2, 0.25) is 0 Å². The fraction of sp³-hybridized carbons (Fsp3) is 0.167. The third-order valence-corrected chi connectivity index (χ3v) is 3.37. The standard InChI is InChI=1S/C12H8F3NO3S/c13-12(14,15)7-1-2-9(17)6(3-7)4-10-16-8(5-20-10)11(18)19/h1-3,5,17H,4H2,(H,18,19). The van der Waals surface area contributed by atoms with Crippen molar-refractivity contribution in [2.24, 2.45) is 0 Å². The number of aromatic hydroxyl groups is 1. The van der Waals surface area contributed by atoms with Crippen LogP contribution in [0.15, 0.2) is 23.6 Å². The van der Waals surface area contributed by atoms with Gasteiger partial charge in [-0.3, -0.25) is 0 Å². The molecule has 0 radical (unpaired) electrons. The lowest BCUT2D eigenvalue weighted by molar-refractivity contribution is -0.137. The van der Waals surface area contributed by atoms with Gasteiger partial charge in [0.25, 0.3) is 0 Å². The summed E-state index contributed by atoms with van der Waals surface area (Å²) in [5, 5.41) is 19.9. The molecular formula is C12H8F3NO3S. The Morgan fingerprint density at radius 2 is 2.05 bits per heavy atom. The average Bonchev–Trinajstić information content (AvgIpc) is 2.79. The molecule has 0 atom stereocenters. The zero-order chi connectivity index (χ0) is 14.9. The molecule has 0 amide bonds. The SMILES string of the molecule is O=C(O)c1csc(Cc2cc(C(F)(F)F)ccc2O)n1. The molecule has 2 N–H and O–H groups in total. The Balaban J connectivity index is 2.30. The second kappa shape index (κ2) is 5.12. The molecule has 0 fully saturated rings. The average molecular weight is 303 g/mol. The van der Waals surface area contributed by atoms with Crippen molar-refractivity contribution >= 4 is 17.3 Å². The smallest absolute Gasteiger partial charge is 0.416 e. The van der Waals surface area contributed by atoms with Gasteiger partial charge in [0.15, 0.2) is 5.69 Å². The first kappa shape index (κ1) is 14.3. The fourth-order valence-corrected chi connectivity index (χ4v) is 2.35. The minimum atomic E-state index is -4.50. The molecule has 2 rings (SSSR count). The number of carbonyl (C=O) groups is 1. The molecule has 0 bridgehead atoms. The largest absolute Gasteiger partial charge is 0.508 e. The van der Waals surface area contributed by atoms with E-state index >= 15 is 0 Å². The number of carboxylic acids is 1. The summed E-state index contributed by atoms with van der Waals surface area (Å²) in [5.41, 5.74) is -0.997. The van der Waals surface area contributed by atoms with E-state index in [-0.39, 0.29) is 23.4 Å². The number of aromatic carboxylic acids is 1. The monoisotopic (exact) mass is 303 g/mol. The van der Waals surface area contributed by atoms with Gasteiger partial charge in [0.1, 0.15) is 5.75 Å². The van der Waals surface area contributed by atoms with E-state index in [4.69, 9.17) is 5.11 Å². The number of hydrogen-bond donors (Lipinski definition) is 2. The van der Waals surface area contributed by atoms with Crippen LogP contribution in [-0.4, -0.2) is 21.2 Å². The number of phenols is 1. The molecule has 2 aromatic rings. The molecule has 1 aromatic carbocycles. The van der Waals surface area contributed by atoms with Gasteiger partial charge in [-0.05, 0) is 18.2 Å². The Morgan fingerprint density at radius 1 is 1.35 bits per heavy atom. The van der Waals surface area contributed by atoms with E-state index in [0.29, 0.717) is 5.01 Å². The second-order valence-electron chi connectivity index (χ2n) is 3.95. The van der Waals surface area contributed by atoms with Gasteiger partial charge in [0.05, 0.1) is 10.6 Å². The van der Waals surface area contributed by atoms with Crippen LogP contribution in [0.1, 0.15) is 26.6 Å². The summed E-state index contributed by atoms with van der Waals surface area (Å²) in [6.07, 6.45) is -4.56. The number of phenolic OH excluding ortho intramolecular Hbond substituents is 1. The molecule has 8 heteroatoms. The number of carboxylic acid groups (broad SMARTS) is 1. The van der Waals surface area contributed by atoms with Crippen LogP contribution in [0.2, 0.25) is 0 Å². The van der Waals surface area contributed by atoms with E-state index < -0.39 is 17.7 Å². The van der Waals surface area contributed by atoms with Gasteiger partial charge in [-0.15, -0.1) is 11.3 Å². The molecule has 20 heavy (non-hydrogen) atoms. The molecule has 0 saturated carbocycles. The minimum Gasteiger partial charge on any atom is -0.508 e. The van der Waals surface area contributed by atoms with E-state index in [9.17, 15) is 23.1 Å². The van der Waals surface area contributed by atoms with Crippen molar-refractivity contribution in [2.75, 3.05) is 0 Å². The lowest BCUT2D eigenvalue weighted by atomic mass is 10.1. The van der Waals surface area contributed by atoms with Crippen molar-refractivity contribution in [3.05, 3.63) is 45.4 Å². The zero-order valence-electron chi connectivity index (χ0n) is 9.81. The molecule has 1 aromatic heterocycles. The maximum atomic E-state index is 12.6. The third-order valence-electron chi connectivity index (χ3n) is 2.52. The summed E-state index contributed by atoms with van der Waals surface area (Å²) in [4.78, 5) is 14.4. The van der Waals surface area contributed by atoms with Gasteiger partial charge in [0, 0.05) is 17.4 Å². The van der Waals surface area contributed by atoms with Gasteiger partial charge in [-0.2, -0.15) is 13.2 Å². The summed E-state index contributed by atoms with van der Waals surface area (Å²) < 4.78 is 37.7. The molecule has 0 aliphatic rings. The second-order valence-corrected chi connectivity index (χ2v) is 4.89. The summed E-state index contributed by atoms with van der Waals surface area (Å²) >= 11 is 1.01. The van der Waals surface area contributed by atoms with Gasteiger partial charge in [-0.25, -0.2) is 9.78 Å². The first-order valence-electron chi connectivity index (χ1n) is 5.34. The van der Waals surface area contributed by atoms with Crippen LogP contribution in [0.3, 0.4) is 0 Å². The maximum Gasteiger partial charge on any atom is 0.416 e. The number of halogens is 3. The predicted octanol–water partition coefficient (Wildman–Crippen LogP) is 3.16. The van der Waals surface area contributed by atoms with E-state index in [1.807, 2.05) is 0 Å². The van der Waals surface area contributed by atoms with Crippen molar-refractivity contribution < 1.29 is 28.2 Å². The van der Waals surface area contributed by atoms with Crippen molar-refractivity contribution in [1.82, 2.24) is 4.98 Å². The molecule has 0 spiro atoms. The lowest BCUT2D eigenvalue weighted by Crippen LogP contribution is -2.05. The van der Waals surface area contributed by atoms with Crippen LogP contribution in [0.4, 0.5) is 13.2 Å². The van der Waals surface area contributed by atoms with Crippen LogP contribution < -0.4 is 0 Å². The number of nitrogens with zero attached hydrogens (tertiary/aromatic N) is 1. The summed E-state index contributed by atoms with van der Waals surface area (Å²) in [6.45, 7) is 0. The topological polar surface area (TPSA) is 70.4 Å². The number of rotatable bonds is 3.